The Labute approximate surface area is 130 Å². The number of ether oxygens (including phenoxy) is 1. The van der Waals surface area contributed by atoms with Crippen LogP contribution in [0.1, 0.15) is 31.9 Å². The largest absolute Gasteiger partial charge is 0.368 e. The summed E-state index contributed by atoms with van der Waals surface area (Å²) in [5.74, 6) is 1.67. The molecular weight excluding hydrogens is 278 g/mol. The zero-order valence-electron chi connectivity index (χ0n) is 13.1. The minimum atomic E-state index is 0.0527. The molecule has 3 heterocycles. The summed E-state index contributed by atoms with van der Waals surface area (Å²) in [6.07, 6.45) is 5.73. The molecule has 6 nitrogen and oxygen atoms in total. The standard InChI is InChI=1S/C16H21N5O/c1-12-6-9-21(19-12)15-5-4-14(17-18-15)20-10-13(2)22-16(11-20)7-3-8-16/h4-6,9,13H,3,7-8,10-11H2,1-2H3. The fourth-order valence-electron chi connectivity index (χ4n) is 3.40. The third-order valence-electron chi connectivity index (χ3n) is 4.59. The lowest BCUT2D eigenvalue weighted by Crippen LogP contribution is -2.58. The molecule has 0 radical (unpaired) electrons. The van der Waals surface area contributed by atoms with E-state index < -0.39 is 0 Å². The van der Waals surface area contributed by atoms with Crippen molar-refractivity contribution in [1.82, 2.24) is 20.0 Å². The summed E-state index contributed by atoms with van der Waals surface area (Å²) in [7, 11) is 0. The molecule has 2 aliphatic rings. The Morgan fingerprint density at radius 3 is 2.55 bits per heavy atom. The summed E-state index contributed by atoms with van der Waals surface area (Å²) < 4.78 is 7.90. The van der Waals surface area contributed by atoms with Crippen molar-refractivity contribution in [2.75, 3.05) is 18.0 Å². The number of aromatic nitrogens is 4. The maximum atomic E-state index is 6.15. The molecule has 1 spiro atoms. The molecule has 2 fully saturated rings. The van der Waals surface area contributed by atoms with Crippen LogP contribution in [-0.2, 0) is 4.74 Å². The van der Waals surface area contributed by atoms with Crippen LogP contribution >= 0.6 is 0 Å². The molecular formula is C16H21N5O. The molecule has 1 atom stereocenters. The van der Waals surface area contributed by atoms with Crippen molar-refractivity contribution in [3.8, 4) is 5.82 Å². The lowest BCUT2D eigenvalue weighted by molar-refractivity contribution is -0.142. The Bertz CT molecular complexity index is 661. The van der Waals surface area contributed by atoms with Gasteiger partial charge in [-0.1, -0.05) is 0 Å². The van der Waals surface area contributed by atoms with E-state index in [1.807, 2.05) is 31.3 Å². The van der Waals surface area contributed by atoms with Crippen molar-refractivity contribution < 1.29 is 4.74 Å². The quantitative estimate of drug-likeness (QED) is 0.850. The van der Waals surface area contributed by atoms with Crippen LogP contribution in [0.15, 0.2) is 24.4 Å². The van der Waals surface area contributed by atoms with Gasteiger partial charge >= 0.3 is 0 Å². The molecule has 2 aromatic heterocycles. The van der Waals surface area contributed by atoms with Gasteiger partial charge in [0.05, 0.1) is 17.4 Å². The molecule has 1 saturated heterocycles. The second-order valence-electron chi connectivity index (χ2n) is 6.50. The number of morpholine rings is 1. The average Bonchev–Trinajstić information content (AvgIpc) is 2.92. The van der Waals surface area contributed by atoms with Gasteiger partial charge in [-0.15, -0.1) is 10.2 Å². The van der Waals surface area contributed by atoms with Gasteiger partial charge in [-0.3, -0.25) is 0 Å². The van der Waals surface area contributed by atoms with E-state index in [9.17, 15) is 0 Å². The van der Waals surface area contributed by atoms with Crippen LogP contribution in [0.4, 0.5) is 5.82 Å². The van der Waals surface area contributed by atoms with E-state index in [2.05, 4.69) is 27.1 Å². The molecule has 0 amide bonds. The highest BCUT2D eigenvalue weighted by atomic mass is 16.5. The topological polar surface area (TPSA) is 56.1 Å². The van der Waals surface area contributed by atoms with E-state index >= 15 is 0 Å². The zero-order chi connectivity index (χ0) is 15.2. The van der Waals surface area contributed by atoms with Gasteiger partial charge in [0.1, 0.15) is 0 Å². The van der Waals surface area contributed by atoms with Crippen molar-refractivity contribution in [3.05, 3.63) is 30.1 Å². The highest BCUT2D eigenvalue weighted by molar-refractivity contribution is 5.41. The summed E-state index contributed by atoms with van der Waals surface area (Å²) in [5, 5.41) is 13.1. The summed E-state index contributed by atoms with van der Waals surface area (Å²) in [5.41, 5.74) is 1.02. The van der Waals surface area contributed by atoms with Crippen molar-refractivity contribution in [2.24, 2.45) is 0 Å². The number of aryl methyl sites for hydroxylation is 1. The lowest BCUT2D eigenvalue weighted by Gasteiger charge is -2.51. The van der Waals surface area contributed by atoms with Gasteiger partial charge in [-0.25, -0.2) is 4.68 Å². The van der Waals surface area contributed by atoms with E-state index in [1.165, 1.54) is 6.42 Å². The number of nitrogens with zero attached hydrogens (tertiary/aromatic N) is 5. The normalized spacial score (nSPS) is 23.5. The van der Waals surface area contributed by atoms with Gasteiger partial charge in [0.2, 0.25) is 0 Å². The maximum absolute atomic E-state index is 6.15. The van der Waals surface area contributed by atoms with Crippen LogP contribution < -0.4 is 4.90 Å². The van der Waals surface area contributed by atoms with Crippen LogP contribution in [0.2, 0.25) is 0 Å². The Morgan fingerprint density at radius 2 is 1.95 bits per heavy atom. The first-order chi connectivity index (χ1) is 10.6. The Balaban J connectivity index is 1.55. The van der Waals surface area contributed by atoms with Gasteiger partial charge in [0.25, 0.3) is 0 Å². The van der Waals surface area contributed by atoms with Gasteiger partial charge in [0, 0.05) is 19.3 Å². The van der Waals surface area contributed by atoms with E-state index in [-0.39, 0.29) is 11.7 Å². The van der Waals surface area contributed by atoms with Crippen molar-refractivity contribution >= 4 is 5.82 Å². The fourth-order valence-corrected chi connectivity index (χ4v) is 3.40. The smallest absolute Gasteiger partial charge is 0.175 e. The summed E-state index contributed by atoms with van der Waals surface area (Å²) in [4.78, 5) is 2.30. The highest BCUT2D eigenvalue weighted by Gasteiger charge is 2.44. The van der Waals surface area contributed by atoms with Crippen LogP contribution in [0.5, 0.6) is 0 Å². The minimum Gasteiger partial charge on any atom is -0.368 e. The van der Waals surface area contributed by atoms with Crippen molar-refractivity contribution in [2.45, 2.75) is 44.8 Å². The molecule has 2 aromatic rings. The third kappa shape index (κ3) is 2.37. The van der Waals surface area contributed by atoms with Crippen LogP contribution in [0, 0.1) is 6.92 Å². The zero-order valence-corrected chi connectivity index (χ0v) is 13.1. The summed E-state index contributed by atoms with van der Waals surface area (Å²) in [6.45, 7) is 5.90. The molecule has 1 unspecified atom stereocenters. The average molecular weight is 299 g/mol. The molecule has 1 aliphatic carbocycles. The number of anilines is 1. The molecule has 0 N–H and O–H groups in total. The summed E-state index contributed by atoms with van der Waals surface area (Å²) >= 11 is 0. The van der Waals surface area contributed by atoms with E-state index in [1.54, 1.807) is 4.68 Å². The number of hydrogen-bond acceptors (Lipinski definition) is 5. The lowest BCUT2D eigenvalue weighted by atomic mass is 9.78. The molecule has 1 aliphatic heterocycles. The van der Waals surface area contributed by atoms with Gasteiger partial charge in [-0.05, 0) is 51.3 Å². The molecule has 0 aromatic carbocycles. The Kier molecular flexibility index (Phi) is 3.14. The first-order valence-corrected chi connectivity index (χ1v) is 7.93. The Hall–Kier alpha value is -1.95. The van der Waals surface area contributed by atoms with Crippen LogP contribution in [-0.4, -0.2) is 44.8 Å². The molecule has 4 rings (SSSR count). The number of rotatable bonds is 2. The number of hydrogen-bond donors (Lipinski definition) is 0. The molecule has 22 heavy (non-hydrogen) atoms. The van der Waals surface area contributed by atoms with E-state index in [0.717, 1.165) is 43.3 Å². The van der Waals surface area contributed by atoms with E-state index in [4.69, 9.17) is 4.74 Å². The van der Waals surface area contributed by atoms with E-state index in [0.29, 0.717) is 0 Å². The fraction of sp³-hybridized carbons (Fsp3) is 0.562. The molecule has 116 valence electrons. The molecule has 0 bridgehead atoms. The first kappa shape index (κ1) is 13.7. The molecule has 6 heteroatoms. The van der Waals surface area contributed by atoms with Crippen molar-refractivity contribution in [3.63, 3.8) is 0 Å². The van der Waals surface area contributed by atoms with Gasteiger partial charge < -0.3 is 9.64 Å². The second-order valence-corrected chi connectivity index (χ2v) is 6.50. The Morgan fingerprint density at radius 1 is 1.18 bits per heavy atom. The van der Waals surface area contributed by atoms with Crippen LogP contribution in [0.25, 0.3) is 5.82 Å². The first-order valence-electron chi connectivity index (χ1n) is 7.93. The predicted octanol–water partition coefficient (Wildman–Crippen LogP) is 2.12. The SMILES string of the molecule is Cc1ccn(-c2ccc(N3CC(C)OC4(CCC4)C3)nn2)n1. The van der Waals surface area contributed by atoms with Crippen LogP contribution in [0.3, 0.4) is 0 Å². The van der Waals surface area contributed by atoms with Gasteiger partial charge in [-0.2, -0.15) is 5.10 Å². The maximum Gasteiger partial charge on any atom is 0.175 e. The summed E-state index contributed by atoms with van der Waals surface area (Å²) in [6, 6.07) is 5.96. The highest BCUT2D eigenvalue weighted by Crippen LogP contribution is 2.40. The molecule has 1 saturated carbocycles. The second kappa shape index (κ2) is 5.05. The third-order valence-corrected chi connectivity index (χ3v) is 4.59. The predicted molar refractivity (Wildman–Crippen MR) is 83.2 cm³/mol. The van der Waals surface area contributed by atoms with Crippen molar-refractivity contribution in [1.29, 1.82) is 0 Å². The minimum absolute atomic E-state index is 0.0527. The van der Waals surface area contributed by atoms with Gasteiger partial charge in [0.15, 0.2) is 11.6 Å². The monoisotopic (exact) mass is 299 g/mol.